The normalized spacial score (nSPS) is 18.0. The maximum absolute atomic E-state index is 3.90. The van der Waals surface area contributed by atoms with Crippen molar-refractivity contribution < 1.29 is 0 Å². The third-order valence-corrected chi connectivity index (χ3v) is 10.7. The van der Waals surface area contributed by atoms with Crippen LogP contribution in [0.25, 0.3) is 22.3 Å². The van der Waals surface area contributed by atoms with Crippen LogP contribution in [0.1, 0.15) is 22.3 Å². The van der Waals surface area contributed by atoms with Crippen LogP contribution in [-0.2, 0) is 5.41 Å². The molecule has 1 spiro atoms. The fraction of sp³-hybridized carbons (Fsp3) is 0.0323. The van der Waals surface area contributed by atoms with Gasteiger partial charge in [-0.3, -0.25) is 0 Å². The molecule has 3 heteroatoms. The molecule has 3 aliphatic rings. The Morgan fingerprint density at radius 2 is 1.06 bits per heavy atom. The second kappa shape index (κ2) is 6.91. The highest BCUT2D eigenvalue weighted by Crippen LogP contribution is 2.66. The third kappa shape index (κ3) is 2.28. The SMILES string of the molecule is Brc1cccc2c1-c1ccccc1C21c2ccccc2-c2c1ccc1c2Sc2ccccc2S1. The van der Waals surface area contributed by atoms with Gasteiger partial charge in [0.25, 0.3) is 0 Å². The monoisotopic (exact) mass is 532 g/mol. The summed E-state index contributed by atoms with van der Waals surface area (Å²) in [5.41, 5.74) is 10.7. The molecule has 8 rings (SSSR count). The van der Waals surface area contributed by atoms with Crippen molar-refractivity contribution in [2.24, 2.45) is 0 Å². The molecule has 1 aliphatic heterocycles. The predicted molar refractivity (Wildman–Crippen MR) is 145 cm³/mol. The minimum Gasteiger partial charge on any atom is -0.0877 e. The second-order valence-electron chi connectivity index (χ2n) is 8.97. The molecule has 0 saturated carbocycles. The number of rotatable bonds is 0. The summed E-state index contributed by atoms with van der Waals surface area (Å²) in [7, 11) is 0. The molecular formula is C31H17BrS2. The van der Waals surface area contributed by atoms with Crippen LogP contribution in [0.15, 0.2) is 127 Å². The zero-order valence-electron chi connectivity index (χ0n) is 18.0. The van der Waals surface area contributed by atoms with E-state index in [1.54, 1.807) is 0 Å². The van der Waals surface area contributed by atoms with Gasteiger partial charge >= 0.3 is 0 Å². The van der Waals surface area contributed by atoms with Gasteiger partial charge in [-0.05, 0) is 57.6 Å². The first-order valence-corrected chi connectivity index (χ1v) is 13.8. The summed E-state index contributed by atoms with van der Waals surface area (Å²) in [6, 6.07) is 38.3. The number of halogens is 1. The Hall–Kier alpha value is -2.72. The summed E-state index contributed by atoms with van der Waals surface area (Å²) in [5, 5.41) is 0. The zero-order chi connectivity index (χ0) is 22.4. The largest absolute Gasteiger partial charge is 0.0877 e. The molecule has 1 atom stereocenters. The van der Waals surface area contributed by atoms with Gasteiger partial charge in [-0.15, -0.1) is 0 Å². The van der Waals surface area contributed by atoms with E-state index in [1.807, 2.05) is 23.5 Å². The van der Waals surface area contributed by atoms with Gasteiger partial charge in [0.1, 0.15) is 0 Å². The van der Waals surface area contributed by atoms with Gasteiger partial charge in [-0.2, -0.15) is 0 Å². The van der Waals surface area contributed by atoms with E-state index in [2.05, 4.69) is 119 Å². The fourth-order valence-electron chi connectivity index (χ4n) is 6.21. The highest BCUT2D eigenvalue weighted by Gasteiger charge is 2.52. The van der Waals surface area contributed by atoms with Gasteiger partial charge in [0.15, 0.2) is 0 Å². The quantitative estimate of drug-likeness (QED) is 0.190. The number of hydrogen-bond acceptors (Lipinski definition) is 2. The molecular weight excluding hydrogens is 516 g/mol. The average molecular weight is 534 g/mol. The molecule has 0 fully saturated rings. The van der Waals surface area contributed by atoms with Gasteiger partial charge in [-0.25, -0.2) is 0 Å². The molecule has 0 radical (unpaired) electrons. The fourth-order valence-corrected chi connectivity index (χ4v) is 9.20. The van der Waals surface area contributed by atoms with Crippen molar-refractivity contribution in [3.63, 3.8) is 0 Å². The molecule has 5 aromatic rings. The maximum atomic E-state index is 3.90. The Kier molecular flexibility index (Phi) is 3.98. The molecule has 160 valence electrons. The van der Waals surface area contributed by atoms with Crippen LogP contribution < -0.4 is 0 Å². The van der Waals surface area contributed by atoms with E-state index in [1.165, 1.54) is 64.1 Å². The van der Waals surface area contributed by atoms with Crippen LogP contribution in [0.2, 0.25) is 0 Å². The molecule has 0 bridgehead atoms. The molecule has 5 aromatic carbocycles. The molecule has 0 amide bonds. The van der Waals surface area contributed by atoms with Gasteiger partial charge in [0.05, 0.1) is 5.41 Å². The predicted octanol–water partition coefficient (Wildman–Crippen LogP) is 9.41. The summed E-state index contributed by atoms with van der Waals surface area (Å²) in [6.07, 6.45) is 0. The Bertz CT molecular complexity index is 1690. The standard InChI is InChI=1S/C31H17BrS2/c32-24-13-7-12-22-28(24)18-8-1-3-10-20(18)31(22)21-11-4-2-9-19(21)29-23(31)16-17-27-30(29)34-26-15-6-5-14-25(26)33-27/h1-17H. The lowest BCUT2D eigenvalue weighted by atomic mass is 9.70. The van der Waals surface area contributed by atoms with Crippen LogP contribution in [0, 0.1) is 0 Å². The van der Waals surface area contributed by atoms with Gasteiger partial charge in [0, 0.05) is 35.2 Å². The molecule has 0 nitrogen and oxygen atoms in total. The maximum Gasteiger partial charge on any atom is 0.0726 e. The second-order valence-corrected chi connectivity index (χ2v) is 12.0. The van der Waals surface area contributed by atoms with Crippen molar-refractivity contribution in [3.8, 4) is 22.3 Å². The Morgan fingerprint density at radius 3 is 1.82 bits per heavy atom. The van der Waals surface area contributed by atoms with Crippen molar-refractivity contribution in [2.75, 3.05) is 0 Å². The number of fused-ring (bicyclic) bond motifs is 13. The summed E-state index contributed by atoms with van der Waals surface area (Å²) in [4.78, 5) is 5.45. The lowest BCUT2D eigenvalue weighted by Gasteiger charge is -2.31. The number of hydrogen-bond donors (Lipinski definition) is 0. The van der Waals surface area contributed by atoms with E-state index in [9.17, 15) is 0 Å². The topological polar surface area (TPSA) is 0 Å². The van der Waals surface area contributed by atoms with Gasteiger partial charge in [0.2, 0.25) is 0 Å². The van der Waals surface area contributed by atoms with Crippen LogP contribution in [0.4, 0.5) is 0 Å². The zero-order valence-corrected chi connectivity index (χ0v) is 21.2. The first-order chi connectivity index (χ1) is 16.8. The van der Waals surface area contributed by atoms with Gasteiger partial charge < -0.3 is 0 Å². The summed E-state index contributed by atoms with van der Waals surface area (Å²) in [5.74, 6) is 0. The van der Waals surface area contributed by atoms with E-state index in [0.29, 0.717) is 0 Å². The molecule has 1 heterocycles. The summed E-state index contributed by atoms with van der Waals surface area (Å²) < 4.78 is 1.16. The molecule has 34 heavy (non-hydrogen) atoms. The summed E-state index contributed by atoms with van der Waals surface area (Å²) in [6.45, 7) is 0. The van der Waals surface area contributed by atoms with Crippen LogP contribution in [0.3, 0.4) is 0 Å². The molecule has 0 N–H and O–H groups in total. The minimum absolute atomic E-state index is 0.293. The molecule has 0 saturated heterocycles. The Labute approximate surface area is 215 Å². The lowest BCUT2D eigenvalue weighted by molar-refractivity contribution is 0.790. The van der Waals surface area contributed by atoms with E-state index >= 15 is 0 Å². The molecule has 0 aromatic heterocycles. The van der Waals surface area contributed by atoms with Gasteiger partial charge in [-0.1, -0.05) is 118 Å². The van der Waals surface area contributed by atoms with Crippen molar-refractivity contribution in [2.45, 2.75) is 25.0 Å². The first-order valence-electron chi connectivity index (χ1n) is 11.4. The van der Waals surface area contributed by atoms with Crippen LogP contribution in [0.5, 0.6) is 0 Å². The van der Waals surface area contributed by atoms with E-state index in [-0.39, 0.29) is 5.41 Å². The summed E-state index contributed by atoms with van der Waals surface area (Å²) >= 11 is 7.73. The molecule has 1 unspecified atom stereocenters. The van der Waals surface area contributed by atoms with E-state index in [0.717, 1.165) is 4.47 Å². The third-order valence-electron chi connectivity index (χ3n) is 7.43. The smallest absolute Gasteiger partial charge is 0.0726 e. The Morgan fingerprint density at radius 1 is 0.471 bits per heavy atom. The average Bonchev–Trinajstić information content (AvgIpc) is 3.36. The van der Waals surface area contributed by atoms with Crippen LogP contribution in [-0.4, -0.2) is 0 Å². The van der Waals surface area contributed by atoms with Crippen molar-refractivity contribution in [3.05, 3.63) is 130 Å². The van der Waals surface area contributed by atoms with E-state index in [4.69, 9.17) is 0 Å². The van der Waals surface area contributed by atoms with Crippen LogP contribution >= 0.6 is 39.5 Å². The highest BCUT2D eigenvalue weighted by atomic mass is 79.9. The molecule has 2 aliphatic carbocycles. The lowest BCUT2D eigenvalue weighted by Crippen LogP contribution is -2.25. The van der Waals surface area contributed by atoms with Crippen molar-refractivity contribution in [1.82, 2.24) is 0 Å². The first kappa shape index (κ1) is 19.6. The number of benzene rings is 5. The highest BCUT2D eigenvalue weighted by molar-refractivity contribution is 9.10. The van der Waals surface area contributed by atoms with Crippen molar-refractivity contribution >= 4 is 39.5 Å². The van der Waals surface area contributed by atoms with Crippen molar-refractivity contribution in [1.29, 1.82) is 0 Å². The van der Waals surface area contributed by atoms with E-state index < -0.39 is 0 Å². The Balaban J connectivity index is 1.52. The minimum atomic E-state index is -0.293.